The molecule has 3 nitrogen and oxygen atoms in total. The van der Waals surface area contributed by atoms with Crippen molar-refractivity contribution in [3.05, 3.63) is 42.2 Å². The van der Waals surface area contributed by atoms with Gasteiger partial charge in [-0.05, 0) is 12.5 Å². The molecule has 0 aliphatic carbocycles. The zero-order valence-corrected chi connectivity index (χ0v) is 9.26. The predicted octanol–water partition coefficient (Wildman–Crippen LogP) is 2.43. The molecule has 0 amide bonds. The monoisotopic (exact) mass is 214 g/mol. The van der Waals surface area contributed by atoms with Gasteiger partial charge in [-0.2, -0.15) is 5.10 Å². The number of ether oxygens (including phenoxy) is 1. The van der Waals surface area contributed by atoms with Crippen molar-refractivity contribution >= 4 is 0 Å². The summed E-state index contributed by atoms with van der Waals surface area (Å²) in [5.74, 6) is 0. The third-order valence-electron chi connectivity index (χ3n) is 2.98. The van der Waals surface area contributed by atoms with E-state index in [1.165, 1.54) is 16.7 Å². The molecule has 1 saturated heterocycles. The van der Waals surface area contributed by atoms with Crippen LogP contribution in [-0.2, 0) is 4.74 Å². The van der Waals surface area contributed by atoms with Crippen LogP contribution in [0, 0.1) is 6.92 Å². The SMILES string of the molecule is Cc1ccc(-c2cnn(C3COC3)c2)cc1. The summed E-state index contributed by atoms with van der Waals surface area (Å²) >= 11 is 0. The highest BCUT2D eigenvalue weighted by molar-refractivity contribution is 5.61. The predicted molar refractivity (Wildman–Crippen MR) is 62.3 cm³/mol. The van der Waals surface area contributed by atoms with Crippen molar-refractivity contribution in [2.24, 2.45) is 0 Å². The molecule has 0 spiro atoms. The average molecular weight is 214 g/mol. The minimum Gasteiger partial charge on any atom is -0.377 e. The van der Waals surface area contributed by atoms with Crippen molar-refractivity contribution in [2.45, 2.75) is 13.0 Å². The van der Waals surface area contributed by atoms with E-state index in [1.807, 2.05) is 10.9 Å². The lowest BCUT2D eigenvalue weighted by molar-refractivity contribution is -0.0286. The first-order valence-electron chi connectivity index (χ1n) is 5.52. The molecule has 82 valence electrons. The minimum absolute atomic E-state index is 0.430. The molecule has 1 aliphatic heterocycles. The van der Waals surface area contributed by atoms with Crippen LogP contribution in [0.4, 0.5) is 0 Å². The lowest BCUT2D eigenvalue weighted by atomic mass is 10.1. The topological polar surface area (TPSA) is 27.1 Å². The molecule has 1 aromatic carbocycles. The number of nitrogens with zero attached hydrogens (tertiary/aromatic N) is 2. The number of hydrogen-bond donors (Lipinski definition) is 0. The van der Waals surface area contributed by atoms with E-state index in [9.17, 15) is 0 Å². The Kier molecular flexibility index (Phi) is 2.26. The second-order valence-corrected chi connectivity index (χ2v) is 4.27. The fraction of sp³-hybridized carbons (Fsp3) is 0.308. The zero-order valence-electron chi connectivity index (χ0n) is 9.26. The van der Waals surface area contributed by atoms with Gasteiger partial charge in [0.1, 0.15) is 0 Å². The fourth-order valence-corrected chi connectivity index (χ4v) is 1.81. The highest BCUT2D eigenvalue weighted by Gasteiger charge is 2.21. The van der Waals surface area contributed by atoms with Crippen molar-refractivity contribution in [3.8, 4) is 11.1 Å². The van der Waals surface area contributed by atoms with Gasteiger partial charge in [0.25, 0.3) is 0 Å². The normalized spacial score (nSPS) is 16.1. The van der Waals surface area contributed by atoms with Crippen LogP contribution in [0.5, 0.6) is 0 Å². The minimum atomic E-state index is 0.430. The van der Waals surface area contributed by atoms with Crippen LogP contribution in [0.2, 0.25) is 0 Å². The molecular formula is C13H14N2O. The maximum absolute atomic E-state index is 5.16. The third kappa shape index (κ3) is 1.63. The molecule has 3 rings (SSSR count). The van der Waals surface area contributed by atoms with Crippen LogP contribution in [0.3, 0.4) is 0 Å². The van der Waals surface area contributed by atoms with E-state index >= 15 is 0 Å². The third-order valence-corrected chi connectivity index (χ3v) is 2.98. The Labute approximate surface area is 94.7 Å². The Morgan fingerprint density at radius 1 is 1.19 bits per heavy atom. The molecule has 2 aromatic rings. The summed E-state index contributed by atoms with van der Waals surface area (Å²) in [5, 5.41) is 4.37. The zero-order chi connectivity index (χ0) is 11.0. The molecule has 16 heavy (non-hydrogen) atoms. The van der Waals surface area contributed by atoms with Gasteiger partial charge in [-0.25, -0.2) is 0 Å². The van der Waals surface area contributed by atoms with E-state index in [1.54, 1.807) is 0 Å². The van der Waals surface area contributed by atoms with E-state index in [2.05, 4.69) is 42.5 Å². The summed E-state index contributed by atoms with van der Waals surface area (Å²) in [6.45, 7) is 3.67. The smallest absolute Gasteiger partial charge is 0.0985 e. The molecule has 1 fully saturated rings. The number of benzene rings is 1. The van der Waals surface area contributed by atoms with Crippen molar-refractivity contribution in [1.82, 2.24) is 9.78 Å². The van der Waals surface area contributed by atoms with Crippen LogP contribution in [0.15, 0.2) is 36.7 Å². The molecule has 1 aliphatic rings. The first-order valence-corrected chi connectivity index (χ1v) is 5.52. The standard InChI is InChI=1S/C13H14N2O/c1-10-2-4-11(5-3-10)12-6-14-15(7-12)13-8-16-9-13/h2-7,13H,8-9H2,1H3. The van der Waals surface area contributed by atoms with Gasteiger partial charge < -0.3 is 4.74 Å². The Morgan fingerprint density at radius 2 is 1.94 bits per heavy atom. The van der Waals surface area contributed by atoms with E-state index in [-0.39, 0.29) is 0 Å². The number of hydrogen-bond acceptors (Lipinski definition) is 2. The highest BCUT2D eigenvalue weighted by Crippen LogP contribution is 2.22. The van der Waals surface area contributed by atoms with Gasteiger partial charge in [0.15, 0.2) is 0 Å². The van der Waals surface area contributed by atoms with Gasteiger partial charge in [0.05, 0.1) is 25.5 Å². The van der Waals surface area contributed by atoms with Crippen LogP contribution in [-0.4, -0.2) is 23.0 Å². The molecule has 2 heterocycles. The van der Waals surface area contributed by atoms with Gasteiger partial charge in [-0.15, -0.1) is 0 Å². The molecule has 0 bridgehead atoms. The summed E-state index contributed by atoms with van der Waals surface area (Å²) in [6.07, 6.45) is 4.01. The first kappa shape index (κ1) is 9.60. The van der Waals surface area contributed by atoms with Crippen molar-refractivity contribution < 1.29 is 4.74 Å². The van der Waals surface area contributed by atoms with E-state index in [0.29, 0.717) is 6.04 Å². The Balaban J connectivity index is 1.88. The second-order valence-electron chi connectivity index (χ2n) is 4.27. The van der Waals surface area contributed by atoms with Crippen molar-refractivity contribution in [2.75, 3.05) is 13.2 Å². The van der Waals surface area contributed by atoms with E-state index < -0.39 is 0 Å². The largest absolute Gasteiger partial charge is 0.377 e. The summed E-state index contributed by atoms with van der Waals surface area (Å²) in [5.41, 5.74) is 3.67. The van der Waals surface area contributed by atoms with Crippen LogP contribution >= 0.6 is 0 Å². The van der Waals surface area contributed by atoms with Crippen molar-refractivity contribution in [3.63, 3.8) is 0 Å². The van der Waals surface area contributed by atoms with E-state index in [4.69, 9.17) is 4.74 Å². The van der Waals surface area contributed by atoms with Gasteiger partial charge in [-0.1, -0.05) is 29.8 Å². The van der Waals surface area contributed by atoms with E-state index in [0.717, 1.165) is 13.2 Å². The fourth-order valence-electron chi connectivity index (χ4n) is 1.81. The molecule has 0 radical (unpaired) electrons. The quantitative estimate of drug-likeness (QED) is 0.767. The molecule has 0 unspecified atom stereocenters. The summed E-state index contributed by atoms with van der Waals surface area (Å²) in [6, 6.07) is 8.94. The van der Waals surface area contributed by atoms with Crippen LogP contribution in [0.1, 0.15) is 11.6 Å². The number of aromatic nitrogens is 2. The maximum atomic E-state index is 5.16. The lowest BCUT2D eigenvalue weighted by Crippen LogP contribution is -2.30. The van der Waals surface area contributed by atoms with Gasteiger partial charge in [0.2, 0.25) is 0 Å². The molecular weight excluding hydrogens is 200 g/mol. The Bertz CT molecular complexity index is 483. The van der Waals surface area contributed by atoms with Gasteiger partial charge in [-0.3, -0.25) is 4.68 Å². The highest BCUT2D eigenvalue weighted by atomic mass is 16.5. The molecule has 3 heteroatoms. The summed E-state index contributed by atoms with van der Waals surface area (Å²) in [7, 11) is 0. The first-order chi connectivity index (χ1) is 7.83. The average Bonchev–Trinajstić information content (AvgIpc) is 2.65. The Morgan fingerprint density at radius 3 is 2.56 bits per heavy atom. The maximum Gasteiger partial charge on any atom is 0.0985 e. The van der Waals surface area contributed by atoms with Gasteiger partial charge in [0, 0.05) is 11.8 Å². The summed E-state index contributed by atoms with van der Waals surface area (Å²) < 4.78 is 7.16. The van der Waals surface area contributed by atoms with Crippen LogP contribution in [0.25, 0.3) is 11.1 Å². The second kappa shape index (κ2) is 3.76. The molecule has 0 saturated carbocycles. The molecule has 0 N–H and O–H groups in total. The lowest BCUT2D eigenvalue weighted by Gasteiger charge is -2.25. The van der Waals surface area contributed by atoms with Crippen LogP contribution < -0.4 is 0 Å². The summed E-state index contributed by atoms with van der Waals surface area (Å²) in [4.78, 5) is 0. The van der Waals surface area contributed by atoms with Gasteiger partial charge >= 0.3 is 0 Å². The Hall–Kier alpha value is -1.61. The number of aryl methyl sites for hydroxylation is 1. The molecule has 1 aromatic heterocycles. The number of rotatable bonds is 2. The molecule has 0 atom stereocenters. The van der Waals surface area contributed by atoms with Crippen molar-refractivity contribution in [1.29, 1.82) is 0 Å².